The number of rotatable bonds is 4. The zero-order chi connectivity index (χ0) is 15.4. The number of nitrogen functional groups attached to an aromatic ring is 1. The molecule has 21 heavy (non-hydrogen) atoms. The fourth-order valence-electron chi connectivity index (χ4n) is 2.14. The smallest absolute Gasteiger partial charge is 0.251 e. The molecule has 4 nitrogen and oxygen atoms in total. The Morgan fingerprint density at radius 1 is 1.14 bits per heavy atom. The monoisotopic (exact) mass is 283 g/mol. The highest BCUT2D eigenvalue weighted by Crippen LogP contribution is 2.25. The number of carbonyl (C=O) groups excluding carboxylic acids is 1. The second-order valence-corrected chi connectivity index (χ2v) is 5.16. The van der Waals surface area contributed by atoms with Gasteiger partial charge in [-0.05, 0) is 37.6 Å². The first-order chi connectivity index (χ1) is 10.0. The normalized spacial score (nSPS) is 11.8. The lowest BCUT2D eigenvalue weighted by atomic mass is 10.1. The Balaban J connectivity index is 2.22. The Hall–Kier alpha value is -2.49. The van der Waals surface area contributed by atoms with Crippen LogP contribution in [0, 0.1) is 6.92 Å². The van der Waals surface area contributed by atoms with Gasteiger partial charge in [0.2, 0.25) is 0 Å². The predicted molar refractivity (Wildman–Crippen MR) is 87.5 cm³/mol. The maximum absolute atomic E-state index is 11.7. The number of hydrogen-bond donors (Lipinski definition) is 3. The number of amides is 1. The van der Waals surface area contributed by atoms with Gasteiger partial charge in [0.05, 0.1) is 11.4 Å². The van der Waals surface area contributed by atoms with Crippen LogP contribution in [0.4, 0.5) is 11.4 Å². The van der Waals surface area contributed by atoms with Crippen molar-refractivity contribution in [3.63, 3.8) is 0 Å². The van der Waals surface area contributed by atoms with Gasteiger partial charge in [-0.15, -0.1) is 0 Å². The zero-order valence-corrected chi connectivity index (χ0v) is 12.6. The van der Waals surface area contributed by atoms with Gasteiger partial charge in [0.15, 0.2) is 0 Å². The Labute approximate surface area is 125 Å². The van der Waals surface area contributed by atoms with Crippen LogP contribution in [0.2, 0.25) is 0 Å². The van der Waals surface area contributed by atoms with Crippen LogP contribution in [0.1, 0.15) is 34.5 Å². The highest BCUT2D eigenvalue weighted by atomic mass is 16.1. The van der Waals surface area contributed by atoms with Gasteiger partial charge in [0.1, 0.15) is 0 Å². The van der Waals surface area contributed by atoms with Crippen molar-refractivity contribution in [2.45, 2.75) is 19.9 Å². The van der Waals surface area contributed by atoms with E-state index in [4.69, 9.17) is 5.73 Å². The summed E-state index contributed by atoms with van der Waals surface area (Å²) in [6, 6.07) is 13.7. The van der Waals surface area contributed by atoms with Gasteiger partial charge in [-0.25, -0.2) is 0 Å². The number of carbonyl (C=O) groups is 1. The van der Waals surface area contributed by atoms with Crippen LogP contribution in [0.5, 0.6) is 0 Å². The minimum absolute atomic E-state index is 0.104. The molecule has 2 rings (SSSR count). The standard InChI is InChI=1S/C17H21N3O/c1-11-4-6-13(7-5-11)12(2)20-16-10-14(17(21)19-3)8-9-15(16)18/h4-10,12,20H,18H2,1-3H3,(H,19,21). The predicted octanol–water partition coefficient (Wildman–Crippen LogP) is 3.11. The molecule has 2 aromatic carbocycles. The fourth-order valence-corrected chi connectivity index (χ4v) is 2.14. The molecular weight excluding hydrogens is 262 g/mol. The SMILES string of the molecule is CNC(=O)c1ccc(N)c(NC(C)c2ccc(C)cc2)c1. The molecule has 110 valence electrons. The molecule has 0 spiro atoms. The van der Waals surface area contributed by atoms with E-state index in [1.54, 1.807) is 25.2 Å². The Kier molecular flexibility index (Phi) is 4.48. The summed E-state index contributed by atoms with van der Waals surface area (Å²) >= 11 is 0. The van der Waals surface area contributed by atoms with Crippen molar-refractivity contribution < 1.29 is 4.79 Å². The van der Waals surface area contributed by atoms with Gasteiger partial charge in [-0.3, -0.25) is 4.79 Å². The molecule has 2 aromatic rings. The average molecular weight is 283 g/mol. The van der Waals surface area contributed by atoms with Crippen molar-refractivity contribution in [2.75, 3.05) is 18.1 Å². The van der Waals surface area contributed by atoms with E-state index in [2.05, 4.69) is 48.7 Å². The third kappa shape index (κ3) is 3.54. The molecule has 0 fully saturated rings. The second kappa shape index (κ2) is 6.31. The van der Waals surface area contributed by atoms with Crippen molar-refractivity contribution in [3.05, 3.63) is 59.2 Å². The van der Waals surface area contributed by atoms with Crippen LogP contribution in [-0.2, 0) is 0 Å². The third-order valence-corrected chi connectivity index (χ3v) is 3.49. The van der Waals surface area contributed by atoms with E-state index in [1.165, 1.54) is 11.1 Å². The van der Waals surface area contributed by atoms with Gasteiger partial charge >= 0.3 is 0 Å². The van der Waals surface area contributed by atoms with E-state index in [0.29, 0.717) is 11.3 Å². The first kappa shape index (κ1) is 14.9. The Morgan fingerprint density at radius 2 is 1.81 bits per heavy atom. The molecule has 4 heteroatoms. The summed E-state index contributed by atoms with van der Waals surface area (Å²) in [6.07, 6.45) is 0. The van der Waals surface area contributed by atoms with Gasteiger partial charge in [0, 0.05) is 18.7 Å². The lowest BCUT2D eigenvalue weighted by molar-refractivity contribution is 0.0963. The number of anilines is 2. The van der Waals surface area contributed by atoms with Crippen molar-refractivity contribution >= 4 is 17.3 Å². The van der Waals surface area contributed by atoms with Gasteiger partial charge < -0.3 is 16.4 Å². The highest BCUT2D eigenvalue weighted by molar-refractivity contribution is 5.96. The molecule has 0 heterocycles. The number of aryl methyl sites for hydroxylation is 1. The minimum Gasteiger partial charge on any atom is -0.397 e. The van der Waals surface area contributed by atoms with E-state index in [0.717, 1.165) is 5.69 Å². The molecule has 0 aromatic heterocycles. The summed E-state index contributed by atoms with van der Waals surface area (Å²) in [7, 11) is 1.61. The van der Waals surface area contributed by atoms with Crippen LogP contribution < -0.4 is 16.4 Å². The highest BCUT2D eigenvalue weighted by Gasteiger charge is 2.10. The van der Waals surface area contributed by atoms with Crippen LogP contribution in [-0.4, -0.2) is 13.0 Å². The second-order valence-electron chi connectivity index (χ2n) is 5.16. The molecule has 0 radical (unpaired) electrons. The Morgan fingerprint density at radius 3 is 2.43 bits per heavy atom. The van der Waals surface area contributed by atoms with Crippen molar-refractivity contribution in [2.24, 2.45) is 0 Å². The maximum atomic E-state index is 11.7. The molecule has 0 bridgehead atoms. The molecule has 0 aliphatic carbocycles. The van der Waals surface area contributed by atoms with Crippen LogP contribution in [0.15, 0.2) is 42.5 Å². The van der Waals surface area contributed by atoms with E-state index in [1.807, 2.05) is 0 Å². The minimum atomic E-state index is -0.124. The number of hydrogen-bond acceptors (Lipinski definition) is 3. The molecule has 1 unspecified atom stereocenters. The molecule has 4 N–H and O–H groups in total. The largest absolute Gasteiger partial charge is 0.397 e. The lowest BCUT2D eigenvalue weighted by Crippen LogP contribution is -2.18. The van der Waals surface area contributed by atoms with Gasteiger partial charge in [0.25, 0.3) is 5.91 Å². The van der Waals surface area contributed by atoms with Crippen LogP contribution in [0.3, 0.4) is 0 Å². The summed E-state index contributed by atoms with van der Waals surface area (Å²) in [5, 5.41) is 5.97. The van der Waals surface area contributed by atoms with Gasteiger partial charge in [-0.2, -0.15) is 0 Å². The fraction of sp³-hybridized carbons (Fsp3) is 0.235. The molecule has 0 aliphatic heterocycles. The van der Waals surface area contributed by atoms with Crippen molar-refractivity contribution in [3.8, 4) is 0 Å². The number of nitrogens with one attached hydrogen (secondary N) is 2. The van der Waals surface area contributed by atoms with Gasteiger partial charge in [-0.1, -0.05) is 29.8 Å². The topological polar surface area (TPSA) is 67.2 Å². The average Bonchev–Trinajstić information content (AvgIpc) is 2.49. The number of benzene rings is 2. The molecule has 0 saturated heterocycles. The van der Waals surface area contributed by atoms with E-state index >= 15 is 0 Å². The van der Waals surface area contributed by atoms with E-state index < -0.39 is 0 Å². The van der Waals surface area contributed by atoms with Crippen molar-refractivity contribution in [1.82, 2.24) is 5.32 Å². The van der Waals surface area contributed by atoms with E-state index in [9.17, 15) is 4.79 Å². The quantitative estimate of drug-likeness (QED) is 0.755. The third-order valence-electron chi connectivity index (χ3n) is 3.49. The summed E-state index contributed by atoms with van der Waals surface area (Å²) < 4.78 is 0. The molecule has 1 amide bonds. The lowest BCUT2D eigenvalue weighted by Gasteiger charge is -2.18. The first-order valence-electron chi connectivity index (χ1n) is 6.96. The zero-order valence-electron chi connectivity index (χ0n) is 12.6. The number of nitrogens with two attached hydrogens (primary N) is 1. The molecule has 1 atom stereocenters. The summed E-state index contributed by atoms with van der Waals surface area (Å²) in [6.45, 7) is 4.13. The van der Waals surface area contributed by atoms with Crippen LogP contribution in [0.25, 0.3) is 0 Å². The van der Waals surface area contributed by atoms with E-state index in [-0.39, 0.29) is 11.9 Å². The summed E-state index contributed by atoms with van der Waals surface area (Å²) in [5.41, 5.74) is 10.4. The first-order valence-corrected chi connectivity index (χ1v) is 6.96. The molecule has 0 aliphatic rings. The molecular formula is C17H21N3O. The Bertz CT molecular complexity index is 635. The van der Waals surface area contributed by atoms with Crippen LogP contribution >= 0.6 is 0 Å². The van der Waals surface area contributed by atoms with Crippen molar-refractivity contribution in [1.29, 1.82) is 0 Å². The summed E-state index contributed by atoms with van der Waals surface area (Å²) in [4.78, 5) is 11.7. The summed E-state index contributed by atoms with van der Waals surface area (Å²) in [5.74, 6) is -0.124. The maximum Gasteiger partial charge on any atom is 0.251 e. The molecule has 0 saturated carbocycles.